The minimum atomic E-state index is -0.0432. The molecule has 3 heterocycles. The van der Waals surface area contributed by atoms with Gasteiger partial charge in [-0.1, -0.05) is 18.2 Å². The lowest BCUT2D eigenvalue weighted by molar-refractivity contribution is 0.182. The normalized spacial score (nSPS) is 18.0. The van der Waals surface area contributed by atoms with Crippen LogP contribution in [-0.4, -0.2) is 9.38 Å². The average molecular weight is 248 g/mol. The molecule has 0 amide bonds. The molecule has 3 heteroatoms. The number of aromatic nitrogens is 2. The maximum atomic E-state index is 5.67. The van der Waals surface area contributed by atoms with Crippen LogP contribution in [0.3, 0.4) is 0 Å². The number of para-hydroxylation sites is 2. The Bertz CT molecular complexity index is 814. The first-order chi connectivity index (χ1) is 9.43. The van der Waals surface area contributed by atoms with E-state index in [0.717, 1.165) is 22.2 Å². The van der Waals surface area contributed by atoms with Gasteiger partial charge in [0, 0.05) is 0 Å². The summed E-state index contributed by atoms with van der Waals surface area (Å²) in [5, 5.41) is 0. The second-order valence-corrected chi connectivity index (χ2v) is 4.54. The highest BCUT2D eigenvalue weighted by Gasteiger charge is 2.15. The van der Waals surface area contributed by atoms with Crippen LogP contribution in [0.1, 0.15) is 11.8 Å². The van der Waals surface area contributed by atoms with Crippen LogP contribution in [0.2, 0.25) is 0 Å². The highest BCUT2D eigenvalue weighted by molar-refractivity contribution is 5.78. The minimum Gasteiger partial charge on any atom is -0.488 e. The Morgan fingerprint density at radius 3 is 2.89 bits per heavy atom. The van der Waals surface area contributed by atoms with Crippen LogP contribution < -0.4 is 0 Å². The van der Waals surface area contributed by atoms with Gasteiger partial charge in [-0.05, 0) is 36.4 Å². The maximum absolute atomic E-state index is 5.67. The van der Waals surface area contributed by atoms with E-state index in [1.165, 1.54) is 0 Å². The summed E-state index contributed by atoms with van der Waals surface area (Å²) in [5.74, 6) is 0. The number of nitrogens with zero attached hydrogens (tertiary/aromatic N) is 2. The van der Waals surface area contributed by atoms with Crippen molar-refractivity contribution in [1.29, 1.82) is 0 Å². The zero-order valence-electron chi connectivity index (χ0n) is 10.2. The van der Waals surface area contributed by atoms with Gasteiger partial charge in [-0.15, -0.1) is 0 Å². The van der Waals surface area contributed by atoms with Gasteiger partial charge in [0.25, 0.3) is 0 Å². The Labute approximate surface area is 110 Å². The Morgan fingerprint density at radius 1 is 1.05 bits per heavy atom. The lowest BCUT2D eigenvalue weighted by Gasteiger charge is -2.16. The van der Waals surface area contributed by atoms with Gasteiger partial charge in [-0.3, -0.25) is 4.98 Å². The summed E-state index contributed by atoms with van der Waals surface area (Å²) in [6, 6.07) is 12.3. The van der Waals surface area contributed by atoms with Crippen molar-refractivity contribution in [2.75, 3.05) is 0 Å². The van der Waals surface area contributed by atoms with Crippen molar-refractivity contribution in [2.24, 2.45) is 0 Å². The van der Waals surface area contributed by atoms with Crippen molar-refractivity contribution >= 4 is 16.6 Å². The molecule has 0 bridgehead atoms. The second kappa shape index (κ2) is 3.99. The molecule has 2 aromatic heterocycles. The fraction of sp³-hybridized carbons (Fsp3) is 0.0625. The molecule has 1 atom stereocenters. The van der Waals surface area contributed by atoms with Crippen LogP contribution in [0.15, 0.2) is 67.1 Å². The van der Waals surface area contributed by atoms with Gasteiger partial charge in [0.1, 0.15) is 0 Å². The quantitative estimate of drug-likeness (QED) is 0.657. The molecule has 1 aromatic carbocycles. The molecule has 3 aromatic rings. The number of ether oxygens (including phenoxy) is 1. The zero-order valence-corrected chi connectivity index (χ0v) is 10.2. The SMILES string of the molecule is C1=COC(c2ccc3cnc4ccccc4n23)C=C1. The number of fused-ring (bicyclic) bond motifs is 3. The molecule has 1 aliphatic heterocycles. The molecule has 0 radical (unpaired) electrons. The van der Waals surface area contributed by atoms with Crippen LogP contribution in [0.25, 0.3) is 16.6 Å². The highest BCUT2D eigenvalue weighted by atomic mass is 16.5. The molecule has 19 heavy (non-hydrogen) atoms. The summed E-state index contributed by atoms with van der Waals surface area (Å²) in [5.41, 5.74) is 4.30. The van der Waals surface area contributed by atoms with E-state index in [1.54, 1.807) is 6.26 Å². The first kappa shape index (κ1) is 10.4. The highest BCUT2D eigenvalue weighted by Crippen LogP contribution is 2.27. The van der Waals surface area contributed by atoms with Crippen LogP contribution in [0.4, 0.5) is 0 Å². The molecule has 0 saturated carbocycles. The average Bonchev–Trinajstić information content (AvgIpc) is 2.92. The van der Waals surface area contributed by atoms with E-state index in [9.17, 15) is 0 Å². The molecule has 1 unspecified atom stereocenters. The molecule has 0 aliphatic carbocycles. The summed E-state index contributed by atoms with van der Waals surface area (Å²) in [6.45, 7) is 0. The Hall–Kier alpha value is -2.55. The van der Waals surface area contributed by atoms with E-state index in [4.69, 9.17) is 4.74 Å². The summed E-state index contributed by atoms with van der Waals surface area (Å²) in [4.78, 5) is 4.47. The third-order valence-corrected chi connectivity index (χ3v) is 3.39. The van der Waals surface area contributed by atoms with Gasteiger partial charge in [0.05, 0.1) is 34.7 Å². The third-order valence-electron chi connectivity index (χ3n) is 3.39. The molecular weight excluding hydrogens is 236 g/mol. The Balaban J connectivity index is 2.03. The van der Waals surface area contributed by atoms with Crippen molar-refractivity contribution in [1.82, 2.24) is 9.38 Å². The summed E-state index contributed by atoms with van der Waals surface area (Å²) < 4.78 is 7.88. The lowest BCUT2D eigenvalue weighted by atomic mass is 10.2. The van der Waals surface area contributed by atoms with Gasteiger partial charge in [-0.25, -0.2) is 0 Å². The Kier molecular flexibility index (Phi) is 2.18. The predicted molar refractivity (Wildman–Crippen MR) is 74.8 cm³/mol. The molecular formula is C16H12N2O. The fourth-order valence-corrected chi connectivity index (χ4v) is 2.52. The van der Waals surface area contributed by atoms with E-state index in [0.29, 0.717) is 0 Å². The first-order valence-corrected chi connectivity index (χ1v) is 6.27. The second-order valence-electron chi connectivity index (χ2n) is 4.54. The molecule has 0 saturated heterocycles. The van der Waals surface area contributed by atoms with Gasteiger partial charge in [0.15, 0.2) is 6.10 Å². The van der Waals surface area contributed by atoms with Crippen molar-refractivity contribution in [3.63, 3.8) is 0 Å². The van der Waals surface area contributed by atoms with Gasteiger partial charge < -0.3 is 9.14 Å². The molecule has 0 N–H and O–H groups in total. The van der Waals surface area contributed by atoms with Crippen molar-refractivity contribution in [3.8, 4) is 0 Å². The van der Waals surface area contributed by atoms with Crippen LogP contribution in [-0.2, 0) is 4.74 Å². The number of rotatable bonds is 1. The van der Waals surface area contributed by atoms with Gasteiger partial charge in [-0.2, -0.15) is 0 Å². The van der Waals surface area contributed by atoms with Gasteiger partial charge >= 0.3 is 0 Å². The van der Waals surface area contributed by atoms with Gasteiger partial charge in [0.2, 0.25) is 0 Å². The predicted octanol–water partition coefficient (Wildman–Crippen LogP) is 3.63. The summed E-state index contributed by atoms with van der Waals surface area (Å²) in [6.07, 6.45) is 9.54. The van der Waals surface area contributed by atoms with Crippen molar-refractivity contribution in [2.45, 2.75) is 6.10 Å². The molecule has 1 aliphatic rings. The smallest absolute Gasteiger partial charge is 0.157 e. The monoisotopic (exact) mass is 248 g/mol. The minimum absolute atomic E-state index is 0.0432. The zero-order chi connectivity index (χ0) is 12.7. The van der Waals surface area contributed by atoms with Crippen molar-refractivity contribution < 1.29 is 4.74 Å². The van der Waals surface area contributed by atoms with E-state index in [1.807, 2.05) is 36.5 Å². The molecule has 0 spiro atoms. The molecule has 0 fully saturated rings. The van der Waals surface area contributed by atoms with E-state index >= 15 is 0 Å². The summed E-state index contributed by atoms with van der Waals surface area (Å²) in [7, 11) is 0. The number of hydrogen-bond donors (Lipinski definition) is 0. The number of hydrogen-bond acceptors (Lipinski definition) is 2. The summed E-state index contributed by atoms with van der Waals surface area (Å²) >= 11 is 0. The van der Waals surface area contributed by atoms with Crippen LogP contribution in [0.5, 0.6) is 0 Å². The first-order valence-electron chi connectivity index (χ1n) is 6.27. The molecule has 92 valence electrons. The maximum Gasteiger partial charge on any atom is 0.157 e. The number of benzene rings is 1. The fourth-order valence-electron chi connectivity index (χ4n) is 2.52. The Morgan fingerprint density at radius 2 is 2.00 bits per heavy atom. The lowest BCUT2D eigenvalue weighted by Crippen LogP contribution is -2.04. The third kappa shape index (κ3) is 1.55. The molecule has 3 nitrogen and oxygen atoms in total. The van der Waals surface area contributed by atoms with Crippen molar-refractivity contribution in [3.05, 3.63) is 72.8 Å². The van der Waals surface area contributed by atoms with Crippen LogP contribution in [0, 0.1) is 0 Å². The largest absolute Gasteiger partial charge is 0.488 e. The van der Waals surface area contributed by atoms with E-state index in [2.05, 4.69) is 33.7 Å². The standard InChI is InChI=1S/C16H12N2O/c1-2-6-14-13(5-1)17-11-12-8-9-15(18(12)14)16-7-3-4-10-19-16/h1-11,16H. The van der Waals surface area contributed by atoms with E-state index in [-0.39, 0.29) is 6.10 Å². The van der Waals surface area contributed by atoms with Crippen LogP contribution >= 0.6 is 0 Å². The number of allylic oxidation sites excluding steroid dienone is 2. The topological polar surface area (TPSA) is 26.5 Å². The van der Waals surface area contributed by atoms with E-state index < -0.39 is 0 Å². The molecule has 4 rings (SSSR count).